The summed E-state index contributed by atoms with van der Waals surface area (Å²) in [6, 6.07) is 16.5. The number of hydrogen-bond donors (Lipinski definition) is 1. The van der Waals surface area contributed by atoms with Crippen molar-refractivity contribution in [1.29, 1.82) is 0 Å². The van der Waals surface area contributed by atoms with Gasteiger partial charge < -0.3 is 9.52 Å². The Balaban J connectivity index is 1.60. The summed E-state index contributed by atoms with van der Waals surface area (Å²) >= 11 is 6.84. The Morgan fingerprint density at radius 3 is 2.52 bits per heavy atom. The van der Waals surface area contributed by atoms with Crippen molar-refractivity contribution in [2.45, 2.75) is 0 Å². The van der Waals surface area contributed by atoms with E-state index in [1.807, 2.05) is 0 Å². The molecule has 6 nitrogen and oxygen atoms in total. The predicted molar refractivity (Wildman–Crippen MR) is 111 cm³/mol. The molecular formula is C21H12ClNO5S. The molecule has 144 valence electrons. The van der Waals surface area contributed by atoms with Crippen LogP contribution in [0.15, 0.2) is 70.0 Å². The predicted octanol–water partition coefficient (Wildman–Crippen LogP) is 5.54. The van der Waals surface area contributed by atoms with E-state index in [2.05, 4.69) is 0 Å². The van der Waals surface area contributed by atoms with E-state index in [0.29, 0.717) is 22.8 Å². The van der Waals surface area contributed by atoms with Gasteiger partial charge >= 0.3 is 5.97 Å². The lowest BCUT2D eigenvalue weighted by molar-refractivity contribution is -0.113. The third-order valence-corrected chi connectivity index (χ3v) is 5.37. The SMILES string of the molecule is O=C(O)c1ccc(-c2ccc(/C=C3\SC(=O)N(c4ccccc4)C3=O)o2)cc1Cl. The van der Waals surface area contributed by atoms with Crippen LogP contribution >= 0.6 is 23.4 Å². The highest BCUT2D eigenvalue weighted by Gasteiger charge is 2.36. The summed E-state index contributed by atoms with van der Waals surface area (Å²) in [5, 5.41) is 8.77. The highest BCUT2D eigenvalue weighted by molar-refractivity contribution is 8.19. The molecule has 0 aliphatic carbocycles. The summed E-state index contributed by atoms with van der Waals surface area (Å²) in [5.41, 5.74) is 1.10. The van der Waals surface area contributed by atoms with Crippen LogP contribution in [-0.4, -0.2) is 22.2 Å². The van der Waals surface area contributed by atoms with E-state index < -0.39 is 11.9 Å². The number of furan rings is 1. The van der Waals surface area contributed by atoms with Gasteiger partial charge in [0.1, 0.15) is 11.5 Å². The number of amides is 2. The minimum Gasteiger partial charge on any atom is -0.478 e. The topological polar surface area (TPSA) is 87.8 Å². The number of hydrogen-bond acceptors (Lipinski definition) is 5. The number of thioether (sulfide) groups is 1. The zero-order valence-corrected chi connectivity index (χ0v) is 16.2. The van der Waals surface area contributed by atoms with Crippen LogP contribution in [0.4, 0.5) is 10.5 Å². The molecule has 1 saturated heterocycles. The molecule has 0 radical (unpaired) electrons. The summed E-state index contributed by atoms with van der Waals surface area (Å²) in [7, 11) is 0. The van der Waals surface area contributed by atoms with Crippen molar-refractivity contribution in [3.8, 4) is 11.3 Å². The van der Waals surface area contributed by atoms with E-state index in [0.717, 1.165) is 16.7 Å². The molecule has 0 unspecified atom stereocenters. The van der Waals surface area contributed by atoms with Crippen LogP contribution < -0.4 is 4.90 Å². The van der Waals surface area contributed by atoms with E-state index in [9.17, 15) is 14.4 Å². The molecule has 0 atom stereocenters. The third kappa shape index (κ3) is 3.70. The fraction of sp³-hybridized carbons (Fsp3) is 0. The van der Waals surface area contributed by atoms with Gasteiger partial charge in [-0.05, 0) is 48.2 Å². The first-order chi connectivity index (χ1) is 13.9. The number of rotatable bonds is 4. The fourth-order valence-electron chi connectivity index (χ4n) is 2.82. The minimum absolute atomic E-state index is 0.00298. The summed E-state index contributed by atoms with van der Waals surface area (Å²) in [4.78, 5) is 37.4. The number of anilines is 1. The highest BCUT2D eigenvalue weighted by Crippen LogP contribution is 2.36. The van der Waals surface area contributed by atoms with Gasteiger partial charge in [0.15, 0.2) is 0 Å². The van der Waals surface area contributed by atoms with Crippen LogP contribution in [0.1, 0.15) is 16.1 Å². The van der Waals surface area contributed by atoms with Crippen molar-refractivity contribution in [2.75, 3.05) is 4.90 Å². The lowest BCUT2D eigenvalue weighted by atomic mass is 10.1. The second kappa shape index (κ2) is 7.62. The van der Waals surface area contributed by atoms with Crippen LogP contribution in [-0.2, 0) is 4.79 Å². The lowest BCUT2D eigenvalue weighted by Gasteiger charge is -2.11. The minimum atomic E-state index is -1.11. The normalized spacial score (nSPS) is 15.3. The average Bonchev–Trinajstić information content (AvgIpc) is 3.27. The van der Waals surface area contributed by atoms with Gasteiger partial charge in [-0.25, -0.2) is 9.69 Å². The molecule has 0 bridgehead atoms. The van der Waals surface area contributed by atoms with E-state index >= 15 is 0 Å². The Bertz CT molecular complexity index is 1170. The number of carbonyl (C=O) groups is 3. The molecule has 1 aliphatic heterocycles. The number of halogens is 1. The van der Waals surface area contributed by atoms with E-state index in [1.165, 1.54) is 18.2 Å². The zero-order valence-electron chi connectivity index (χ0n) is 14.7. The Hall–Kier alpha value is -3.29. The Morgan fingerprint density at radius 1 is 1.07 bits per heavy atom. The number of imide groups is 1. The quantitative estimate of drug-likeness (QED) is 0.552. The second-order valence-electron chi connectivity index (χ2n) is 6.05. The van der Waals surface area contributed by atoms with Gasteiger partial charge in [0.05, 0.1) is 21.2 Å². The monoisotopic (exact) mass is 425 g/mol. The van der Waals surface area contributed by atoms with Gasteiger partial charge in [-0.15, -0.1) is 0 Å². The molecule has 2 aromatic carbocycles. The van der Waals surface area contributed by atoms with Crippen molar-refractivity contribution in [2.24, 2.45) is 0 Å². The number of para-hydroxylation sites is 1. The van der Waals surface area contributed by atoms with Gasteiger partial charge in [0, 0.05) is 11.6 Å². The van der Waals surface area contributed by atoms with Crippen molar-refractivity contribution >= 4 is 52.2 Å². The van der Waals surface area contributed by atoms with Crippen LogP contribution in [0.3, 0.4) is 0 Å². The summed E-state index contributed by atoms with van der Waals surface area (Å²) < 4.78 is 5.73. The molecule has 0 spiro atoms. The standard InChI is InChI=1S/C21H12ClNO5S/c22-16-10-12(6-8-15(16)20(25)26)17-9-7-14(28-17)11-18-19(24)23(21(27)29-18)13-4-2-1-3-5-13/h1-11H,(H,25,26)/b18-11-. The molecule has 1 aliphatic rings. The molecule has 2 amide bonds. The van der Waals surface area contributed by atoms with Crippen LogP contribution in [0.25, 0.3) is 17.4 Å². The maximum atomic E-state index is 12.6. The van der Waals surface area contributed by atoms with E-state index in [1.54, 1.807) is 48.5 Å². The van der Waals surface area contributed by atoms with Crippen LogP contribution in [0.5, 0.6) is 0 Å². The van der Waals surface area contributed by atoms with Gasteiger partial charge in [0.2, 0.25) is 0 Å². The number of benzene rings is 2. The van der Waals surface area contributed by atoms with Crippen molar-refractivity contribution in [3.63, 3.8) is 0 Å². The number of aromatic carboxylic acids is 1. The van der Waals surface area contributed by atoms with Crippen molar-refractivity contribution < 1.29 is 23.9 Å². The first-order valence-corrected chi connectivity index (χ1v) is 9.59. The maximum absolute atomic E-state index is 12.6. The largest absolute Gasteiger partial charge is 0.478 e. The van der Waals surface area contributed by atoms with E-state index in [4.69, 9.17) is 21.1 Å². The first-order valence-electron chi connectivity index (χ1n) is 8.40. The average molecular weight is 426 g/mol. The summed E-state index contributed by atoms with van der Waals surface area (Å²) in [6.45, 7) is 0. The molecule has 29 heavy (non-hydrogen) atoms. The molecule has 4 rings (SSSR count). The van der Waals surface area contributed by atoms with Crippen LogP contribution in [0, 0.1) is 0 Å². The Kier molecular flexibility index (Phi) is 5.00. The molecule has 2 heterocycles. The van der Waals surface area contributed by atoms with Crippen molar-refractivity contribution in [3.05, 3.63) is 81.9 Å². The molecule has 0 saturated carbocycles. The number of carbonyl (C=O) groups excluding carboxylic acids is 2. The lowest BCUT2D eigenvalue weighted by Crippen LogP contribution is -2.27. The molecule has 1 fully saturated rings. The zero-order chi connectivity index (χ0) is 20.5. The van der Waals surface area contributed by atoms with Gasteiger partial charge in [0.25, 0.3) is 11.1 Å². The molecule has 8 heteroatoms. The van der Waals surface area contributed by atoms with Crippen LogP contribution in [0.2, 0.25) is 5.02 Å². The summed E-state index contributed by atoms with van der Waals surface area (Å²) in [6.07, 6.45) is 1.50. The first kappa shape index (κ1) is 19.0. The molecule has 1 aromatic heterocycles. The van der Waals surface area contributed by atoms with Gasteiger partial charge in [-0.1, -0.05) is 35.9 Å². The Labute approximate surface area is 174 Å². The van der Waals surface area contributed by atoms with E-state index in [-0.39, 0.29) is 20.7 Å². The molecule has 1 N–H and O–H groups in total. The molecular weight excluding hydrogens is 414 g/mol. The number of nitrogens with zero attached hydrogens (tertiary/aromatic N) is 1. The number of carboxylic acids is 1. The number of carboxylic acid groups (broad SMARTS) is 1. The smallest absolute Gasteiger partial charge is 0.337 e. The molecule has 3 aromatic rings. The van der Waals surface area contributed by atoms with Gasteiger partial charge in [-0.2, -0.15) is 0 Å². The summed E-state index contributed by atoms with van der Waals surface area (Å²) in [5.74, 6) is -0.691. The Morgan fingerprint density at radius 2 is 1.83 bits per heavy atom. The van der Waals surface area contributed by atoms with Crippen molar-refractivity contribution in [1.82, 2.24) is 0 Å². The van der Waals surface area contributed by atoms with Gasteiger partial charge in [-0.3, -0.25) is 9.59 Å². The maximum Gasteiger partial charge on any atom is 0.337 e. The highest BCUT2D eigenvalue weighted by atomic mass is 35.5. The third-order valence-electron chi connectivity index (χ3n) is 4.19. The fourth-order valence-corrected chi connectivity index (χ4v) is 3.91. The second-order valence-corrected chi connectivity index (χ2v) is 7.45.